The fourth-order valence-electron chi connectivity index (χ4n) is 1.68. The Balaban J connectivity index is 2.18. The van der Waals surface area contributed by atoms with Crippen LogP contribution >= 0.6 is 15.9 Å². The molecule has 0 radical (unpaired) electrons. The Morgan fingerprint density at radius 1 is 1.39 bits per heavy atom. The third-order valence-corrected chi connectivity index (χ3v) is 5.81. The molecule has 1 aliphatic heterocycles. The first-order valence-electron chi connectivity index (χ1n) is 6.66. The Bertz CT molecular complexity index is 279. The van der Waals surface area contributed by atoms with Gasteiger partial charge in [0.2, 0.25) is 0 Å². The number of halogens is 1. The monoisotopic (exact) mass is 335 g/mol. The van der Waals surface area contributed by atoms with Crippen LogP contribution in [0.1, 0.15) is 6.92 Å². The first kappa shape index (κ1) is 16.4. The largest absolute Gasteiger partial charge is 0.377 e. The van der Waals surface area contributed by atoms with Crippen molar-refractivity contribution in [3.63, 3.8) is 0 Å². The maximum absolute atomic E-state index is 5.77. The Morgan fingerprint density at radius 3 is 2.72 bits per heavy atom. The van der Waals surface area contributed by atoms with Crippen LogP contribution in [0.4, 0.5) is 0 Å². The summed E-state index contributed by atoms with van der Waals surface area (Å²) >= 11 is 3.70. The molecule has 1 rings (SSSR count). The standard InChI is InChI=1S/C13H26BrNO2Si/c1-5-16-10-12-6-7-15(13(12)14)11-17-8-9-18(2,3)4/h6,13H,5,7-11H2,1-4H3. The third kappa shape index (κ3) is 5.97. The number of nitrogens with zero attached hydrogens (tertiary/aromatic N) is 1. The molecule has 0 bridgehead atoms. The number of hydrogen-bond acceptors (Lipinski definition) is 3. The predicted molar refractivity (Wildman–Crippen MR) is 83.0 cm³/mol. The molecule has 1 heterocycles. The van der Waals surface area contributed by atoms with Gasteiger partial charge in [-0.05, 0) is 18.5 Å². The van der Waals surface area contributed by atoms with Gasteiger partial charge in [0.25, 0.3) is 0 Å². The molecule has 0 saturated carbocycles. The predicted octanol–water partition coefficient (Wildman–Crippen LogP) is 3.30. The Kier molecular flexibility index (Phi) is 7.09. The van der Waals surface area contributed by atoms with Crippen molar-refractivity contribution in [2.45, 2.75) is 37.6 Å². The molecule has 0 aromatic rings. The van der Waals surface area contributed by atoms with Gasteiger partial charge >= 0.3 is 0 Å². The van der Waals surface area contributed by atoms with E-state index in [4.69, 9.17) is 9.47 Å². The lowest BCUT2D eigenvalue weighted by Crippen LogP contribution is -2.31. The number of ether oxygens (including phenoxy) is 2. The van der Waals surface area contributed by atoms with Gasteiger partial charge in [-0.1, -0.05) is 41.6 Å². The first-order valence-corrected chi connectivity index (χ1v) is 11.3. The van der Waals surface area contributed by atoms with E-state index in [-0.39, 0.29) is 4.95 Å². The molecule has 0 aliphatic carbocycles. The molecule has 106 valence electrons. The van der Waals surface area contributed by atoms with Gasteiger partial charge in [-0.2, -0.15) is 0 Å². The lowest BCUT2D eigenvalue weighted by Gasteiger charge is -2.23. The first-order chi connectivity index (χ1) is 8.44. The second-order valence-corrected chi connectivity index (χ2v) is 12.4. The molecule has 0 amide bonds. The maximum atomic E-state index is 5.77. The molecule has 0 aromatic heterocycles. The normalized spacial score (nSPS) is 21.4. The summed E-state index contributed by atoms with van der Waals surface area (Å²) < 4.78 is 11.2. The summed E-state index contributed by atoms with van der Waals surface area (Å²) in [6.07, 6.45) is 2.23. The van der Waals surface area contributed by atoms with Crippen LogP contribution in [0.25, 0.3) is 0 Å². The minimum absolute atomic E-state index is 0.274. The highest BCUT2D eigenvalue weighted by atomic mass is 79.9. The van der Waals surface area contributed by atoms with Crippen molar-refractivity contribution in [2.75, 3.05) is 33.1 Å². The van der Waals surface area contributed by atoms with Gasteiger partial charge in [0.05, 0.1) is 11.6 Å². The van der Waals surface area contributed by atoms with Gasteiger partial charge in [0.15, 0.2) is 0 Å². The molecule has 0 saturated heterocycles. The highest BCUT2D eigenvalue weighted by Crippen LogP contribution is 2.23. The van der Waals surface area contributed by atoms with E-state index in [1.54, 1.807) is 0 Å². The van der Waals surface area contributed by atoms with E-state index in [1.807, 2.05) is 6.92 Å². The summed E-state index contributed by atoms with van der Waals surface area (Å²) in [5, 5.41) is 0. The second-order valence-electron chi connectivity index (χ2n) is 5.87. The van der Waals surface area contributed by atoms with Crippen molar-refractivity contribution in [1.29, 1.82) is 0 Å². The van der Waals surface area contributed by atoms with Gasteiger partial charge in [0.1, 0.15) is 6.73 Å². The summed E-state index contributed by atoms with van der Waals surface area (Å²) in [7, 11) is -0.970. The second kappa shape index (κ2) is 7.80. The fraction of sp³-hybridized carbons (Fsp3) is 0.846. The van der Waals surface area contributed by atoms with Gasteiger partial charge in [-0.25, -0.2) is 0 Å². The van der Waals surface area contributed by atoms with Crippen LogP contribution in [0.15, 0.2) is 11.6 Å². The summed E-state index contributed by atoms with van der Waals surface area (Å²) in [5.74, 6) is 0. The van der Waals surface area contributed by atoms with E-state index in [9.17, 15) is 0 Å². The summed E-state index contributed by atoms with van der Waals surface area (Å²) in [6.45, 7) is 13.2. The van der Waals surface area contributed by atoms with Crippen molar-refractivity contribution < 1.29 is 9.47 Å². The SMILES string of the molecule is CCOCC1=CCN(COCC[Si](C)(C)C)C1Br. The summed E-state index contributed by atoms with van der Waals surface area (Å²) in [4.78, 5) is 2.55. The lowest BCUT2D eigenvalue weighted by atomic mass is 10.3. The summed E-state index contributed by atoms with van der Waals surface area (Å²) in [5.41, 5.74) is 1.31. The van der Waals surface area contributed by atoms with E-state index in [2.05, 4.69) is 46.5 Å². The number of rotatable bonds is 8. The zero-order valence-electron chi connectivity index (χ0n) is 12.0. The zero-order valence-corrected chi connectivity index (χ0v) is 14.6. The Hall–Kier alpha value is 0.317. The minimum atomic E-state index is -0.970. The van der Waals surface area contributed by atoms with Gasteiger partial charge in [0, 0.05) is 27.8 Å². The van der Waals surface area contributed by atoms with Crippen LogP contribution in [-0.2, 0) is 9.47 Å². The van der Waals surface area contributed by atoms with Crippen LogP contribution < -0.4 is 0 Å². The van der Waals surface area contributed by atoms with Crippen LogP contribution in [-0.4, -0.2) is 51.0 Å². The van der Waals surface area contributed by atoms with E-state index < -0.39 is 8.07 Å². The van der Waals surface area contributed by atoms with Crippen LogP contribution in [0.3, 0.4) is 0 Å². The topological polar surface area (TPSA) is 21.7 Å². The van der Waals surface area contributed by atoms with E-state index in [0.29, 0.717) is 6.73 Å². The van der Waals surface area contributed by atoms with E-state index >= 15 is 0 Å². The molecule has 0 spiro atoms. The summed E-state index contributed by atoms with van der Waals surface area (Å²) in [6, 6.07) is 1.23. The minimum Gasteiger partial charge on any atom is -0.377 e. The maximum Gasteiger partial charge on any atom is 0.100 e. The quantitative estimate of drug-likeness (QED) is 0.223. The molecular weight excluding hydrogens is 310 g/mol. The molecule has 0 N–H and O–H groups in total. The van der Waals surface area contributed by atoms with Gasteiger partial charge in [-0.15, -0.1) is 0 Å². The molecule has 3 nitrogen and oxygen atoms in total. The molecule has 1 unspecified atom stereocenters. The van der Waals surface area contributed by atoms with Crippen molar-refractivity contribution in [2.24, 2.45) is 0 Å². The van der Waals surface area contributed by atoms with Crippen LogP contribution in [0.5, 0.6) is 0 Å². The Morgan fingerprint density at radius 2 is 2.11 bits per heavy atom. The van der Waals surface area contributed by atoms with Crippen molar-refractivity contribution in [3.8, 4) is 0 Å². The van der Waals surface area contributed by atoms with E-state index in [0.717, 1.165) is 26.4 Å². The smallest absolute Gasteiger partial charge is 0.100 e. The average Bonchev–Trinajstić information content (AvgIpc) is 2.62. The van der Waals surface area contributed by atoms with Crippen molar-refractivity contribution in [1.82, 2.24) is 4.90 Å². The molecule has 1 atom stereocenters. The van der Waals surface area contributed by atoms with Crippen molar-refractivity contribution >= 4 is 24.0 Å². The highest BCUT2D eigenvalue weighted by molar-refractivity contribution is 9.09. The lowest BCUT2D eigenvalue weighted by molar-refractivity contribution is 0.0452. The molecular formula is C13H26BrNO2Si. The zero-order chi connectivity index (χ0) is 13.6. The van der Waals surface area contributed by atoms with Crippen LogP contribution in [0, 0.1) is 0 Å². The van der Waals surface area contributed by atoms with Crippen molar-refractivity contribution in [3.05, 3.63) is 11.6 Å². The van der Waals surface area contributed by atoms with Gasteiger partial charge < -0.3 is 9.47 Å². The number of alkyl halides is 1. The molecule has 5 heteroatoms. The van der Waals surface area contributed by atoms with Gasteiger partial charge in [-0.3, -0.25) is 4.90 Å². The van der Waals surface area contributed by atoms with E-state index in [1.165, 1.54) is 11.6 Å². The Labute approximate surface area is 121 Å². The average molecular weight is 336 g/mol. The van der Waals surface area contributed by atoms with Crippen LogP contribution in [0.2, 0.25) is 25.7 Å². The number of hydrogen-bond donors (Lipinski definition) is 0. The highest BCUT2D eigenvalue weighted by Gasteiger charge is 2.24. The molecule has 0 aromatic carbocycles. The fourth-order valence-corrected chi connectivity index (χ4v) is 3.05. The third-order valence-electron chi connectivity index (χ3n) is 2.94. The molecule has 18 heavy (non-hydrogen) atoms. The molecule has 0 fully saturated rings. The molecule has 1 aliphatic rings.